The van der Waals surface area contributed by atoms with Crippen LogP contribution in [-0.4, -0.2) is 66.5 Å². The average molecular weight is 385 g/mol. The second-order valence-corrected chi connectivity index (χ2v) is 8.54. The fraction of sp³-hybridized carbons (Fsp3) is 0.591. The van der Waals surface area contributed by atoms with Crippen molar-refractivity contribution in [1.82, 2.24) is 9.80 Å². The summed E-state index contributed by atoms with van der Waals surface area (Å²) < 4.78 is 5.38. The minimum Gasteiger partial charge on any atom is -0.442 e. The van der Waals surface area contributed by atoms with E-state index in [0.29, 0.717) is 24.4 Å². The van der Waals surface area contributed by atoms with Gasteiger partial charge in [0.2, 0.25) is 0 Å². The molecule has 1 aromatic rings. The Hall–Kier alpha value is -2.23. The van der Waals surface area contributed by atoms with Crippen molar-refractivity contribution in [3.63, 3.8) is 0 Å². The van der Waals surface area contributed by atoms with Crippen LogP contribution in [0.5, 0.6) is 0 Å². The van der Waals surface area contributed by atoms with E-state index in [-0.39, 0.29) is 0 Å². The third-order valence-electron chi connectivity index (χ3n) is 4.79. The highest BCUT2D eigenvalue weighted by molar-refractivity contribution is 5.94. The Morgan fingerprint density at radius 3 is 2.54 bits per heavy atom. The summed E-state index contributed by atoms with van der Waals surface area (Å²) in [6, 6.07) is 10.0. The van der Waals surface area contributed by atoms with Gasteiger partial charge < -0.3 is 9.64 Å². The van der Waals surface area contributed by atoms with Crippen molar-refractivity contribution in [2.24, 2.45) is 4.99 Å². The number of hydrogen-bond acceptors (Lipinski definition) is 5. The number of amides is 1. The number of nitriles is 1. The Bertz CT molecular complexity index is 728. The van der Waals surface area contributed by atoms with Gasteiger partial charge in [-0.15, -0.1) is 0 Å². The van der Waals surface area contributed by atoms with Crippen molar-refractivity contribution in [3.05, 3.63) is 35.4 Å². The van der Waals surface area contributed by atoms with Crippen LogP contribution in [0, 0.1) is 11.3 Å². The second-order valence-electron chi connectivity index (χ2n) is 8.54. The maximum absolute atomic E-state index is 12.2. The highest BCUT2D eigenvalue weighted by atomic mass is 16.6. The maximum Gasteiger partial charge on any atom is 0.434 e. The molecule has 0 aliphatic carbocycles. The minimum atomic E-state index is -0.563. The van der Waals surface area contributed by atoms with Gasteiger partial charge in [0.1, 0.15) is 5.60 Å². The Labute approximate surface area is 168 Å². The molecule has 0 radical (unpaired) electrons. The van der Waals surface area contributed by atoms with E-state index in [1.807, 2.05) is 32.9 Å². The summed E-state index contributed by atoms with van der Waals surface area (Å²) in [5, 5.41) is 8.97. The van der Waals surface area contributed by atoms with E-state index >= 15 is 0 Å². The summed E-state index contributed by atoms with van der Waals surface area (Å²) in [5.41, 5.74) is 1.91. The first-order valence-electron chi connectivity index (χ1n) is 9.87. The van der Waals surface area contributed by atoms with E-state index in [9.17, 15) is 4.79 Å². The summed E-state index contributed by atoms with van der Waals surface area (Å²) in [7, 11) is 2.15. The number of rotatable bonds is 5. The quantitative estimate of drug-likeness (QED) is 0.727. The van der Waals surface area contributed by atoms with E-state index in [2.05, 4.69) is 34.8 Å². The fourth-order valence-corrected chi connectivity index (χ4v) is 3.31. The molecule has 1 aliphatic heterocycles. The van der Waals surface area contributed by atoms with Gasteiger partial charge in [0.15, 0.2) is 0 Å². The third kappa shape index (κ3) is 7.41. The molecule has 1 aromatic carbocycles. The van der Waals surface area contributed by atoms with Crippen LogP contribution in [-0.2, 0) is 11.2 Å². The van der Waals surface area contributed by atoms with Crippen molar-refractivity contribution in [2.75, 3.05) is 33.2 Å². The van der Waals surface area contributed by atoms with Gasteiger partial charge in [0, 0.05) is 44.4 Å². The summed E-state index contributed by atoms with van der Waals surface area (Å²) in [6.45, 7) is 11.8. The van der Waals surface area contributed by atoms with Crippen molar-refractivity contribution in [1.29, 1.82) is 5.26 Å². The smallest absolute Gasteiger partial charge is 0.434 e. The maximum atomic E-state index is 12.2. The molecule has 0 saturated carbocycles. The van der Waals surface area contributed by atoms with E-state index in [4.69, 9.17) is 10.00 Å². The zero-order valence-electron chi connectivity index (χ0n) is 17.7. The fourth-order valence-electron chi connectivity index (χ4n) is 3.31. The van der Waals surface area contributed by atoms with Crippen LogP contribution in [0.4, 0.5) is 4.79 Å². The third-order valence-corrected chi connectivity index (χ3v) is 4.79. The normalized spacial score (nSPS) is 19.3. The molecule has 1 amide bonds. The van der Waals surface area contributed by atoms with Crippen LogP contribution in [0.25, 0.3) is 0 Å². The summed E-state index contributed by atoms with van der Waals surface area (Å²) in [6.07, 6.45) is 0.753. The lowest BCUT2D eigenvalue weighted by Gasteiger charge is -2.38. The highest BCUT2D eigenvalue weighted by Crippen LogP contribution is 2.13. The molecular weight excluding hydrogens is 352 g/mol. The molecule has 0 spiro atoms. The number of aliphatic imine (C=N–C) groups is 1. The number of hydrogen-bond donors (Lipinski definition) is 0. The van der Waals surface area contributed by atoms with Crippen molar-refractivity contribution in [2.45, 2.75) is 52.2 Å². The lowest BCUT2D eigenvalue weighted by molar-refractivity contribution is 0.0603. The molecule has 6 heteroatoms. The molecule has 1 atom stereocenters. The average Bonchev–Trinajstić information content (AvgIpc) is 2.59. The van der Waals surface area contributed by atoms with Crippen molar-refractivity contribution >= 4 is 11.8 Å². The number of ether oxygens (including phenoxy) is 1. The lowest BCUT2D eigenvalue weighted by atomic mass is 10.0. The molecule has 1 fully saturated rings. The number of likely N-dealkylation sites (N-methyl/N-ethyl adjacent to an activating group) is 1. The molecule has 2 rings (SSSR count). The van der Waals surface area contributed by atoms with Gasteiger partial charge in [-0.2, -0.15) is 10.3 Å². The summed E-state index contributed by atoms with van der Waals surface area (Å²) >= 11 is 0. The predicted octanol–water partition coefficient (Wildman–Crippen LogP) is 3.50. The molecule has 28 heavy (non-hydrogen) atoms. The number of carbonyl (C=O) groups is 1. The predicted molar refractivity (Wildman–Crippen MR) is 112 cm³/mol. The zero-order valence-corrected chi connectivity index (χ0v) is 17.7. The first-order valence-corrected chi connectivity index (χ1v) is 9.87. The molecule has 0 N–H and O–H groups in total. The number of piperazine rings is 1. The lowest BCUT2D eigenvalue weighted by Crippen LogP contribution is -2.50. The number of carbonyl (C=O) groups excluding carboxylic acids is 1. The van der Waals surface area contributed by atoms with Gasteiger partial charge in [-0.3, -0.25) is 4.90 Å². The summed E-state index contributed by atoms with van der Waals surface area (Å²) in [5.74, 6) is 0. The first-order chi connectivity index (χ1) is 13.2. The largest absolute Gasteiger partial charge is 0.442 e. The molecule has 1 saturated heterocycles. The van der Waals surface area contributed by atoms with Crippen LogP contribution in [0.15, 0.2) is 29.3 Å². The zero-order chi connectivity index (χ0) is 20.7. The van der Waals surface area contributed by atoms with Crippen LogP contribution < -0.4 is 0 Å². The topological polar surface area (TPSA) is 68.9 Å². The molecule has 0 bridgehead atoms. The Morgan fingerprint density at radius 1 is 1.29 bits per heavy atom. The van der Waals surface area contributed by atoms with Gasteiger partial charge in [-0.25, -0.2) is 4.79 Å². The van der Waals surface area contributed by atoms with Crippen LogP contribution in [0.3, 0.4) is 0 Å². The van der Waals surface area contributed by atoms with E-state index in [1.165, 1.54) is 0 Å². The van der Waals surface area contributed by atoms with Gasteiger partial charge in [-0.05, 0) is 58.9 Å². The molecular formula is C22H32N4O2. The van der Waals surface area contributed by atoms with E-state index < -0.39 is 11.7 Å². The second kappa shape index (κ2) is 9.81. The minimum absolute atomic E-state index is 0.483. The Balaban J connectivity index is 2.08. The molecule has 0 aromatic heterocycles. The standard InChI is InChI=1S/C22H32N4O2/c1-17-16-25(5)12-13-26(17)11-10-20(24-21(27)28-22(2,3)4)14-18-6-8-19(15-23)9-7-18/h6-9,17H,10-14,16H2,1-5H3/b24-20+/t17-/m0/s1. The molecule has 152 valence electrons. The highest BCUT2D eigenvalue weighted by Gasteiger charge is 2.22. The SMILES string of the molecule is C[C@H]1CN(C)CCN1CC/C(Cc1ccc(C#N)cc1)=N\C(=O)OC(C)(C)C. The van der Waals surface area contributed by atoms with Gasteiger partial charge >= 0.3 is 6.09 Å². The van der Waals surface area contributed by atoms with Gasteiger partial charge in [-0.1, -0.05) is 12.1 Å². The Kier molecular flexibility index (Phi) is 7.73. The number of benzene rings is 1. The van der Waals surface area contributed by atoms with Crippen molar-refractivity contribution < 1.29 is 9.53 Å². The molecule has 0 unspecified atom stereocenters. The molecule has 1 aliphatic rings. The molecule has 6 nitrogen and oxygen atoms in total. The van der Waals surface area contributed by atoms with Crippen LogP contribution in [0.2, 0.25) is 0 Å². The monoisotopic (exact) mass is 384 g/mol. The van der Waals surface area contributed by atoms with Gasteiger partial charge in [0.05, 0.1) is 11.6 Å². The summed E-state index contributed by atoms with van der Waals surface area (Å²) in [4.78, 5) is 21.3. The number of nitrogens with zero attached hydrogens (tertiary/aromatic N) is 4. The van der Waals surface area contributed by atoms with E-state index in [1.54, 1.807) is 12.1 Å². The van der Waals surface area contributed by atoms with E-state index in [0.717, 1.165) is 37.5 Å². The van der Waals surface area contributed by atoms with Crippen LogP contribution >= 0.6 is 0 Å². The Morgan fingerprint density at radius 2 is 1.96 bits per heavy atom. The first kappa shape index (κ1) is 22.1. The van der Waals surface area contributed by atoms with Crippen molar-refractivity contribution in [3.8, 4) is 6.07 Å². The van der Waals surface area contributed by atoms with Crippen LogP contribution in [0.1, 0.15) is 45.2 Å². The van der Waals surface area contributed by atoms with Gasteiger partial charge in [0.25, 0.3) is 0 Å². The molecule has 1 heterocycles.